The molecular weight excluding hydrogens is 326 g/mol. The number of aromatic nitrogens is 3. The van der Waals surface area contributed by atoms with Crippen molar-refractivity contribution in [2.45, 2.75) is 32.9 Å². The zero-order chi connectivity index (χ0) is 17.8. The SMILES string of the molecule is CCNC(=NCc1nnc2n1CCC2)N1CCN(c2ccccc2)CC1. The van der Waals surface area contributed by atoms with Crippen LogP contribution < -0.4 is 10.2 Å². The smallest absolute Gasteiger partial charge is 0.194 e. The number of aryl methyl sites for hydroxylation is 1. The van der Waals surface area contributed by atoms with Gasteiger partial charge in [-0.3, -0.25) is 0 Å². The van der Waals surface area contributed by atoms with Crippen LogP contribution in [-0.4, -0.2) is 58.3 Å². The highest BCUT2D eigenvalue weighted by Crippen LogP contribution is 2.17. The third kappa shape index (κ3) is 3.52. The molecule has 138 valence electrons. The molecule has 2 aromatic rings. The second-order valence-corrected chi connectivity index (χ2v) is 6.77. The van der Waals surface area contributed by atoms with Gasteiger partial charge >= 0.3 is 0 Å². The van der Waals surface area contributed by atoms with Gasteiger partial charge in [-0.1, -0.05) is 18.2 Å². The predicted octanol–water partition coefficient (Wildman–Crippen LogP) is 1.51. The van der Waals surface area contributed by atoms with Crippen molar-refractivity contribution in [1.29, 1.82) is 0 Å². The van der Waals surface area contributed by atoms with Crippen LogP contribution in [0.3, 0.4) is 0 Å². The summed E-state index contributed by atoms with van der Waals surface area (Å²) in [6.07, 6.45) is 2.21. The lowest BCUT2D eigenvalue weighted by molar-refractivity contribution is 0.372. The highest BCUT2D eigenvalue weighted by Gasteiger charge is 2.21. The van der Waals surface area contributed by atoms with Gasteiger partial charge in [0.1, 0.15) is 12.4 Å². The van der Waals surface area contributed by atoms with Crippen molar-refractivity contribution >= 4 is 11.6 Å². The van der Waals surface area contributed by atoms with Crippen molar-refractivity contribution in [2.75, 3.05) is 37.6 Å². The lowest BCUT2D eigenvalue weighted by atomic mass is 10.2. The van der Waals surface area contributed by atoms with E-state index in [1.165, 1.54) is 12.1 Å². The Hall–Kier alpha value is -2.57. The Morgan fingerprint density at radius 3 is 2.65 bits per heavy atom. The van der Waals surface area contributed by atoms with E-state index in [2.05, 4.69) is 67.1 Å². The van der Waals surface area contributed by atoms with Crippen LogP contribution in [0.1, 0.15) is 25.0 Å². The first-order chi connectivity index (χ1) is 12.8. The number of anilines is 1. The van der Waals surface area contributed by atoms with Gasteiger partial charge in [-0.25, -0.2) is 4.99 Å². The molecule has 0 amide bonds. The summed E-state index contributed by atoms with van der Waals surface area (Å²) in [5.74, 6) is 3.07. The lowest BCUT2D eigenvalue weighted by Crippen LogP contribution is -2.52. The Bertz CT molecular complexity index is 745. The second-order valence-electron chi connectivity index (χ2n) is 6.77. The van der Waals surface area contributed by atoms with E-state index in [-0.39, 0.29) is 0 Å². The molecule has 1 saturated heterocycles. The predicted molar refractivity (Wildman–Crippen MR) is 103 cm³/mol. The fraction of sp³-hybridized carbons (Fsp3) is 0.526. The summed E-state index contributed by atoms with van der Waals surface area (Å²) < 4.78 is 2.22. The Balaban J connectivity index is 1.40. The van der Waals surface area contributed by atoms with Crippen molar-refractivity contribution < 1.29 is 0 Å². The molecule has 2 aliphatic rings. The summed E-state index contributed by atoms with van der Waals surface area (Å²) in [6, 6.07) is 10.6. The summed E-state index contributed by atoms with van der Waals surface area (Å²) >= 11 is 0. The third-order valence-electron chi connectivity index (χ3n) is 5.09. The van der Waals surface area contributed by atoms with Crippen LogP contribution >= 0.6 is 0 Å². The van der Waals surface area contributed by atoms with Gasteiger partial charge in [-0.2, -0.15) is 0 Å². The molecular formula is C19H27N7. The molecule has 0 spiro atoms. The summed E-state index contributed by atoms with van der Waals surface area (Å²) in [4.78, 5) is 9.63. The normalized spacial score (nSPS) is 17.5. The quantitative estimate of drug-likeness (QED) is 0.667. The number of guanidine groups is 1. The number of para-hydroxylation sites is 1. The number of rotatable bonds is 4. The highest BCUT2D eigenvalue weighted by molar-refractivity contribution is 5.80. The maximum Gasteiger partial charge on any atom is 0.194 e. The molecule has 0 bridgehead atoms. The summed E-state index contributed by atoms with van der Waals surface area (Å²) in [5.41, 5.74) is 1.30. The number of hydrogen-bond acceptors (Lipinski definition) is 4. The van der Waals surface area contributed by atoms with Crippen LogP contribution in [0.25, 0.3) is 0 Å². The largest absolute Gasteiger partial charge is 0.368 e. The number of aliphatic imine (C=N–C) groups is 1. The Morgan fingerprint density at radius 1 is 1.08 bits per heavy atom. The number of nitrogens with one attached hydrogen (secondary N) is 1. The first-order valence-electron chi connectivity index (χ1n) is 9.59. The number of nitrogens with zero attached hydrogens (tertiary/aromatic N) is 6. The van der Waals surface area contributed by atoms with Crippen LogP contribution in [-0.2, 0) is 19.5 Å². The number of piperazine rings is 1. The molecule has 0 saturated carbocycles. The maximum atomic E-state index is 4.84. The Kier molecular flexibility index (Phi) is 5.04. The molecule has 1 aromatic heterocycles. The Morgan fingerprint density at radius 2 is 1.88 bits per heavy atom. The molecule has 4 rings (SSSR count). The summed E-state index contributed by atoms with van der Waals surface area (Å²) in [5, 5.41) is 12.0. The maximum absolute atomic E-state index is 4.84. The molecule has 0 aliphatic carbocycles. The van der Waals surface area contributed by atoms with Crippen molar-refractivity contribution in [3.63, 3.8) is 0 Å². The van der Waals surface area contributed by atoms with Crippen LogP contribution in [0.5, 0.6) is 0 Å². The Labute approximate surface area is 154 Å². The average molecular weight is 353 g/mol. The number of benzene rings is 1. The van der Waals surface area contributed by atoms with Gasteiger partial charge < -0.3 is 19.7 Å². The topological polar surface area (TPSA) is 61.6 Å². The van der Waals surface area contributed by atoms with E-state index in [1.807, 2.05) is 0 Å². The third-order valence-corrected chi connectivity index (χ3v) is 5.09. The van der Waals surface area contributed by atoms with Crippen LogP contribution in [0.2, 0.25) is 0 Å². The van der Waals surface area contributed by atoms with Gasteiger partial charge in [0.25, 0.3) is 0 Å². The minimum absolute atomic E-state index is 0.592. The molecule has 1 N–H and O–H groups in total. The fourth-order valence-electron chi connectivity index (χ4n) is 3.71. The molecule has 1 fully saturated rings. The molecule has 3 heterocycles. The van der Waals surface area contributed by atoms with Gasteiger partial charge in [0.05, 0.1) is 0 Å². The average Bonchev–Trinajstić information content (AvgIpc) is 3.30. The number of hydrogen-bond donors (Lipinski definition) is 1. The molecule has 0 unspecified atom stereocenters. The minimum Gasteiger partial charge on any atom is -0.368 e. The minimum atomic E-state index is 0.592. The molecule has 2 aliphatic heterocycles. The molecule has 0 radical (unpaired) electrons. The van der Waals surface area contributed by atoms with Gasteiger partial charge in [0.15, 0.2) is 11.8 Å². The van der Waals surface area contributed by atoms with E-state index in [0.29, 0.717) is 6.54 Å². The zero-order valence-corrected chi connectivity index (χ0v) is 15.4. The van der Waals surface area contributed by atoms with Crippen LogP contribution in [0.15, 0.2) is 35.3 Å². The second kappa shape index (κ2) is 7.76. The molecule has 1 aromatic carbocycles. The molecule has 26 heavy (non-hydrogen) atoms. The van der Waals surface area contributed by atoms with E-state index in [9.17, 15) is 0 Å². The molecule has 7 nitrogen and oxygen atoms in total. The first-order valence-corrected chi connectivity index (χ1v) is 9.59. The number of fused-ring (bicyclic) bond motifs is 1. The summed E-state index contributed by atoms with van der Waals surface area (Å²) in [6.45, 7) is 8.56. The van der Waals surface area contributed by atoms with Gasteiger partial charge in [0, 0.05) is 51.4 Å². The van der Waals surface area contributed by atoms with Gasteiger partial charge in [-0.15, -0.1) is 10.2 Å². The van der Waals surface area contributed by atoms with Crippen LogP contribution in [0.4, 0.5) is 5.69 Å². The first kappa shape index (κ1) is 16.9. The van der Waals surface area contributed by atoms with E-state index < -0.39 is 0 Å². The van der Waals surface area contributed by atoms with Crippen molar-refractivity contribution in [3.05, 3.63) is 42.0 Å². The van der Waals surface area contributed by atoms with E-state index in [4.69, 9.17) is 4.99 Å². The van der Waals surface area contributed by atoms with E-state index in [1.54, 1.807) is 0 Å². The van der Waals surface area contributed by atoms with Crippen LogP contribution in [0, 0.1) is 0 Å². The van der Waals surface area contributed by atoms with Crippen molar-refractivity contribution in [2.24, 2.45) is 4.99 Å². The fourth-order valence-corrected chi connectivity index (χ4v) is 3.71. The van der Waals surface area contributed by atoms with Crippen molar-refractivity contribution in [1.82, 2.24) is 25.0 Å². The molecule has 7 heteroatoms. The molecule has 0 atom stereocenters. The standard InChI is InChI=1S/C19H27N7/c1-2-20-19(21-15-18-23-22-17-9-6-10-26(17)18)25-13-11-24(12-14-25)16-7-4-3-5-8-16/h3-5,7-8H,2,6,9-15H2,1H3,(H,20,21). The highest BCUT2D eigenvalue weighted by atomic mass is 15.4. The lowest BCUT2D eigenvalue weighted by Gasteiger charge is -2.37. The zero-order valence-electron chi connectivity index (χ0n) is 15.4. The van der Waals surface area contributed by atoms with Crippen molar-refractivity contribution in [3.8, 4) is 0 Å². The monoisotopic (exact) mass is 353 g/mol. The summed E-state index contributed by atoms with van der Waals surface area (Å²) in [7, 11) is 0. The van der Waals surface area contributed by atoms with Gasteiger partial charge in [-0.05, 0) is 25.5 Å². The van der Waals surface area contributed by atoms with E-state index in [0.717, 1.165) is 63.3 Å². The van der Waals surface area contributed by atoms with Gasteiger partial charge in [0.2, 0.25) is 0 Å². The van der Waals surface area contributed by atoms with E-state index >= 15 is 0 Å².